The van der Waals surface area contributed by atoms with Crippen molar-refractivity contribution in [1.82, 2.24) is 10.2 Å². The molecule has 1 atom stereocenters. The summed E-state index contributed by atoms with van der Waals surface area (Å²) in [6.07, 6.45) is 1.29. The third-order valence-electron chi connectivity index (χ3n) is 5.54. The van der Waals surface area contributed by atoms with Gasteiger partial charge in [0.25, 0.3) is 0 Å². The Morgan fingerprint density at radius 2 is 1.80 bits per heavy atom. The topological polar surface area (TPSA) is 86.8 Å². The molecule has 0 bridgehead atoms. The molecule has 0 aliphatic carbocycles. The predicted molar refractivity (Wildman–Crippen MR) is 137 cm³/mol. The summed E-state index contributed by atoms with van der Waals surface area (Å²) in [5.74, 6) is -1.35. The molecule has 0 saturated carbocycles. The summed E-state index contributed by atoms with van der Waals surface area (Å²) in [4.78, 5) is 28.1. The minimum Gasteiger partial charge on any atom is -0.354 e. The van der Waals surface area contributed by atoms with E-state index in [1.807, 2.05) is 45.0 Å². The van der Waals surface area contributed by atoms with Gasteiger partial charge in [0.15, 0.2) is 0 Å². The monoisotopic (exact) mass is 525 g/mol. The zero-order chi connectivity index (χ0) is 26.3. The minimum atomic E-state index is -3.93. The van der Waals surface area contributed by atoms with Crippen LogP contribution in [-0.4, -0.2) is 50.5 Å². The number of anilines is 1. The van der Waals surface area contributed by atoms with Gasteiger partial charge in [0.2, 0.25) is 21.8 Å². The van der Waals surface area contributed by atoms with Crippen LogP contribution >= 0.6 is 11.6 Å². The molecule has 7 nitrogen and oxygen atoms in total. The summed E-state index contributed by atoms with van der Waals surface area (Å²) in [7, 11) is -3.93. The standard InChI is InChI=1S/C25H33ClFN3O4S/c1-6-23(25(32)28-14-17(2)3)29(15-19-10-8-7-9-18(19)4)24(31)16-30(35(5,33)34)20-11-12-22(27)21(26)13-20/h7-13,17,23H,6,14-16H2,1-5H3,(H,28,32)/t23-/m0/s1. The molecule has 192 valence electrons. The number of nitrogens with zero attached hydrogens (tertiary/aromatic N) is 2. The van der Waals surface area contributed by atoms with E-state index in [0.717, 1.165) is 33.8 Å². The fourth-order valence-corrected chi connectivity index (χ4v) is 4.58. The molecule has 2 aromatic carbocycles. The smallest absolute Gasteiger partial charge is 0.244 e. The molecule has 1 N–H and O–H groups in total. The van der Waals surface area contributed by atoms with Crippen molar-refractivity contribution in [2.75, 3.05) is 23.7 Å². The molecule has 2 rings (SSSR count). The molecule has 0 radical (unpaired) electrons. The van der Waals surface area contributed by atoms with Crippen LogP contribution in [0.3, 0.4) is 0 Å². The highest BCUT2D eigenvalue weighted by Gasteiger charge is 2.32. The van der Waals surface area contributed by atoms with Crippen molar-refractivity contribution in [2.45, 2.75) is 46.7 Å². The fourth-order valence-electron chi connectivity index (χ4n) is 3.57. The molecule has 0 saturated heterocycles. The molecule has 2 amide bonds. The zero-order valence-corrected chi connectivity index (χ0v) is 22.3. The molecule has 0 unspecified atom stereocenters. The SMILES string of the molecule is CC[C@@H](C(=O)NCC(C)C)N(Cc1ccccc1C)C(=O)CN(c1ccc(F)c(Cl)c1)S(C)(=O)=O. The average molecular weight is 526 g/mol. The van der Waals surface area contributed by atoms with E-state index < -0.39 is 34.3 Å². The van der Waals surface area contributed by atoms with E-state index in [1.54, 1.807) is 6.92 Å². The Hall–Kier alpha value is -2.65. The highest BCUT2D eigenvalue weighted by Crippen LogP contribution is 2.25. The van der Waals surface area contributed by atoms with Gasteiger partial charge in [-0.2, -0.15) is 0 Å². The van der Waals surface area contributed by atoms with Crippen molar-refractivity contribution in [3.8, 4) is 0 Å². The van der Waals surface area contributed by atoms with E-state index in [0.29, 0.717) is 13.0 Å². The Balaban J connectivity index is 2.45. The van der Waals surface area contributed by atoms with Crippen molar-refractivity contribution in [1.29, 1.82) is 0 Å². The maximum atomic E-state index is 13.7. The lowest BCUT2D eigenvalue weighted by Crippen LogP contribution is -2.52. The van der Waals surface area contributed by atoms with Crippen LogP contribution in [0.2, 0.25) is 5.02 Å². The van der Waals surface area contributed by atoms with Crippen LogP contribution in [0.5, 0.6) is 0 Å². The first-order chi connectivity index (χ1) is 16.3. The number of sulfonamides is 1. The van der Waals surface area contributed by atoms with Crippen LogP contribution in [0.25, 0.3) is 0 Å². The molecule has 35 heavy (non-hydrogen) atoms. The first kappa shape index (κ1) is 28.6. The largest absolute Gasteiger partial charge is 0.354 e. The van der Waals surface area contributed by atoms with Crippen molar-refractivity contribution in [2.24, 2.45) is 5.92 Å². The summed E-state index contributed by atoms with van der Waals surface area (Å²) < 4.78 is 39.7. The van der Waals surface area contributed by atoms with Gasteiger partial charge in [-0.1, -0.05) is 56.6 Å². The summed E-state index contributed by atoms with van der Waals surface area (Å²) in [5, 5.41) is 2.61. The van der Waals surface area contributed by atoms with Crippen LogP contribution in [-0.2, 0) is 26.2 Å². The number of nitrogens with one attached hydrogen (secondary N) is 1. The molecule has 0 fully saturated rings. The number of hydrogen-bond acceptors (Lipinski definition) is 4. The highest BCUT2D eigenvalue weighted by atomic mass is 35.5. The molecule has 0 aliphatic rings. The maximum Gasteiger partial charge on any atom is 0.244 e. The van der Waals surface area contributed by atoms with Gasteiger partial charge in [-0.25, -0.2) is 12.8 Å². The third-order valence-corrected chi connectivity index (χ3v) is 6.97. The second kappa shape index (κ2) is 12.4. The van der Waals surface area contributed by atoms with Crippen molar-refractivity contribution < 1.29 is 22.4 Å². The normalized spacial score (nSPS) is 12.3. The van der Waals surface area contributed by atoms with E-state index in [9.17, 15) is 22.4 Å². The van der Waals surface area contributed by atoms with Crippen LogP contribution in [0.15, 0.2) is 42.5 Å². The lowest BCUT2D eigenvalue weighted by molar-refractivity contribution is -0.140. The van der Waals surface area contributed by atoms with Crippen LogP contribution < -0.4 is 9.62 Å². The Bertz CT molecular complexity index is 1160. The van der Waals surface area contributed by atoms with Gasteiger partial charge in [0.1, 0.15) is 18.4 Å². The number of halogens is 2. The van der Waals surface area contributed by atoms with Gasteiger partial charge in [-0.3, -0.25) is 13.9 Å². The van der Waals surface area contributed by atoms with Crippen LogP contribution in [0, 0.1) is 18.7 Å². The Labute approximate surface area is 212 Å². The summed E-state index contributed by atoms with van der Waals surface area (Å²) >= 11 is 5.86. The summed E-state index contributed by atoms with van der Waals surface area (Å²) in [6.45, 7) is 7.64. The quantitative estimate of drug-likeness (QED) is 0.478. The molecule has 2 aromatic rings. The van der Waals surface area contributed by atoms with Gasteiger partial charge in [-0.05, 0) is 48.6 Å². The molecule has 0 heterocycles. The number of carbonyl (C=O) groups excluding carboxylic acids is 2. The van der Waals surface area contributed by atoms with Crippen molar-refractivity contribution in [3.05, 3.63) is 64.4 Å². The van der Waals surface area contributed by atoms with E-state index >= 15 is 0 Å². The third kappa shape index (κ3) is 7.93. The van der Waals surface area contributed by atoms with E-state index in [1.165, 1.54) is 11.0 Å². The summed E-state index contributed by atoms with van der Waals surface area (Å²) in [6, 6.07) is 10.1. The molecule has 0 spiro atoms. The maximum absolute atomic E-state index is 13.7. The molecule has 0 aliphatic heterocycles. The van der Waals surface area contributed by atoms with Crippen molar-refractivity contribution >= 4 is 39.1 Å². The fraction of sp³-hybridized carbons (Fsp3) is 0.440. The van der Waals surface area contributed by atoms with Crippen LogP contribution in [0.1, 0.15) is 38.3 Å². The first-order valence-corrected chi connectivity index (χ1v) is 13.6. The second-order valence-electron chi connectivity index (χ2n) is 8.88. The van der Waals surface area contributed by atoms with Gasteiger partial charge in [0, 0.05) is 13.1 Å². The lowest BCUT2D eigenvalue weighted by atomic mass is 10.1. The van der Waals surface area contributed by atoms with Crippen molar-refractivity contribution in [3.63, 3.8) is 0 Å². The number of aryl methyl sites for hydroxylation is 1. The van der Waals surface area contributed by atoms with Gasteiger partial charge >= 0.3 is 0 Å². The van der Waals surface area contributed by atoms with E-state index in [2.05, 4.69) is 5.32 Å². The van der Waals surface area contributed by atoms with Gasteiger partial charge in [0.05, 0.1) is 17.0 Å². The van der Waals surface area contributed by atoms with Gasteiger partial charge in [-0.15, -0.1) is 0 Å². The number of carbonyl (C=O) groups is 2. The number of amides is 2. The molecular weight excluding hydrogens is 493 g/mol. The first-order valence-electron chi connectivity index (χ1n) is 11.4. The number of rotatable bonds is 11. The van der Waals surface area contributed by atoms with E-state index in [4.69, 9.17) is 11.6 Å². The van der Waals surface area contributed by atoms with Gasteiger partial charge < -0.3 is 10.2 Å². The molecule has 10 heteroatoms. The minimum absolute atomic E-state index is 0.0559. The Morgan fingerprint density at radius 3 is 2.34 bits per heavy atom. The second-order valence-corrected chi connectivity index (χ2v) is 11.2. The average Bonchev–Trinajstić information content (AvgIpc) is 2.78. The molecule has 0 aromatic heterocycles. The van der Waals surface area contributed by atoms with E-state index in [-0.39, 0.29) is 29.1 Å². The highest BCUT2D eigenvalue weighted by molar-refractivity contribution is 7.92. The van der Waals surface area contributed by atoms with Crippen LogP contribution in [0.4, 0.5) is 10.1 Å². The Morgan fingerprint density at radius 1 is 1.14 bits per heavy atom. The number of benzene rings is 2. The Kier molecular flexibility index (Phi) is 10.1. The lowest BCUT2D eigenvalue weighted by Gasteiger charge is -2.33. The molecular formula is C25H33ClFN3O4S. The number of hydrogen-bond donors (Lipinski definition) is 1. The summed E-state index contributed by atoms with van der Waals surface area (Å²) in [5.41, 5.74) is 1.83. The zero-order valence-electron chi connectivity index (χ0n) is 20.7. The predicted octanol–water partition coefficient (Wildman–Crippen LogP) is 4.13.